The van der Waals surface area contributed by atoms with E-state index in [4.69, 9.17) is 22.9 Å². The Balaban J connectivity index is 3.80. The molecule has 1 rings (SSSR count). The molecular weight excluding hydrogens is 919 g/mol. The van der Waals surface area contributed by atoms with Crippen molar-refractivity contribution < 1.29 is 48.3 Å². The zero-order valence-electron chi connectivity index (χ0n) is 43.5. The summed E-state index contributed by atoms with van der Waals surface area (Å²) in [6, 6.07) is -10.1. The smallest absolute Gasteiger partial charge is 0.243 e. The third kappa shape index (κ3) is 25.8. The number of nitrogens with one attached hydrogen (secondary N) is 9. The predicted molar refractivity (Wildman–Crippen MR) is 270 cm³/mol. The molecule has 0 bridgehead atoms. The van der Waals surface area contributed by atoms with Crippen LogP contribution in [-0.4, -0.2) is 145 Å². The molecule has 1 saturated heterocycles. The monoisotopic (exact) mass is 1010 g/mol. The van der Waals surface area contributed by atoms with E-state index in [2.05, 4.69) is 54.8 Å². The third-order valence-corrected chi connectivity index (χ3v) is 11.8. The lowest BCUT2D eigenvalue weighted by Crippen LogP contribution is -2.60. The molecule has 71 heavy (non-hydrogen) atoms. The average molecular weight is 1010 g/mol. The molecule has 18 N–H and O–H groups in total. The largest absolute Gasteiger partial charge is 0.393 e. The average Bonchev–Trinajstić information content (AvgIpc) is 3.28. The Morgan fingerprint density at radius 3 is 1.35 bits per heavy atom. The summed E-state index contributed by atoms with van der Waals surface area (Å²) in [5, 5.41) is 34.6. The van der Waals surface area contributed by atoms with Gasteiger partial charge in [-0.05, 0) is 102 Å². The number of hydrogen-bond acceptors (Lipinski definition) is 14. The Bertz CT molecular complexity index is 1690. The zero-order valence-corrected chi connectivity index (χ0v) is 43.5. The van der Waals surface area contributed by atoms with E-state index < -0.39 is 108 Å². The maximum Gasteiger partial charge on any atom is 0.243 e. The molecule has 0 aromatic carbocycles. The van der Waals surface area contributed by atoms with Gasteiger partial charge in [-0.15, -0.1) is 0 Å². The molecule has 0 spiro atoms. The molecule has 0 saturated carbocycles. The second-order valence-electron chi connectivity index (χ2n) is 19.9. The molecular formula is C48H91N13O10. The summed E-state index contributed by atoms with van der Waals surface area (Å²) in [7, 11) is 0. The van der Waals surface area contributed by atoms with Gasteiger partial charge < -0.3 is 75.9 Å². The minimum atomic E-state index is -1.45. The topological polar surface area (TPSA) is 386 Å². The Kier molecular flexibility index (Phi) is 31.8. The van der Waals surface area contributed by atoms with Gasteiger partial charge in [-0.1, -0.05) is 80.6 Å². The fraction of sp³-hybridized carbons (Fsp3) is 0.812. The van der Waals surface area contributed by atoms with E-state index in [1.54, 1.807) is 0 Å². The van der Waals surface area contributed by atoms with Gasteiger partial charge in [-0.3, -0.25) is 43.2 Å². The second kappa shape index (κ2) is 35.2. The Morgan fingerprint density at radius 1 is 0.549 bits per heavy atom. The normalized spacial score (nSPS) is 23.6. The van der Waals surface area contributed by atoms with E-state index >= 15 is 0 Å². The number of aliphatic hydroxyl groups excluding tert-OH is 1. The molecule has 1 aliphatic rings. The number of hydrogen-bond donors (Lipinski definition) is 14. The van der Waals surface area contributed by atoms with Crippen molar-refractivity contribution in [1.82, 2.24) is 47.9 Å². The first kappa shape index (κ1) is 64.0. The first-order valence-corrected chi connectivity index (χ1v) is 25.8. The van der Waals surface area contributed by atoms with Crippen LogP contribution >= 0.6 is 0 Å². The van der Waals surface area contributed by atoms with Gasteiger partial charge in [0.25, 0.3) is 0 Å². The predicted octanol–water partition coefficient (Wildman–Crippen LogP) is -1.97. The molecule has 9 atom stereocenters. The van der Waals surface area contributed by atoms with Gasteiger partial charge in [-0.25, -0.2) is 0 Å². The molecule has 9 unspecified atom stereocenters. The van der Waals surface area contributed by atoms with Crippen LogP contribution in [0.4, 0.5) is 0 Å². The summed E-state index contributed by atoms with van der Waals surface area (Å²) >= 11 is 0. The summed E-state index contributed by atoms with van der Waals surface area (Å²) in [4.78, 5) is 125. The Morgan fingerprint density at radius 2 is 0.944 bits per heavy atom. The van der Waals surface area contributed by atoms with Gasteiger partial charge in [0.1, 0.15) is 48.3 Å². The highest BCUT2D eigenvalue weighted by Gasteiger charge is 2.35. The Labute approximate surface area is 420 Å². The minimum absolute atomic E-state index is 0.0350. The number of nitrogens with two attached hydrogens (primary N) is 4. The molecule has 1 fully saturated rings. The maximum atomic E-state index is 14.3. The lowest BCUT2D eigenvalue weighted by Gasteiger charge is -2.29. The van der Waals surface area contributed by atoms with E-state index in [9.17, 15) is 48.3 Å². The number of carbonyl (C=O) groups is 9. The first-order valence-electron chi connectivity index (χ1n) is 25.8. The fourth-order valence-electron chi connectivity index (χ4n) is 8.04. The summed E-state index contributed by atoms with van der Waals surface area (Å²) in [5.74, 6) is -7.04. The molecule has 0 aromatic rings. The highest BCUT2D eigenvalue weighted by Crippen LogP contribution is 2.13. The van der Waals surface area contributed by atoms with Crippen LogP contribution in [0.25, 0.3) is 0 Å². The van der Waals surface area contributed by atoms with Crippen LogP contribution in [-0.2, 0) is 43.2 Å². The van der Waals surface area contributed by atoms with E-state index in [1.165, 1.54) is 0 Å². The molecule has 1 heterocycles. The van der Waals surface area contributed by atoms with Crippen LogP contribution in [0.2, 0.25) is 0 Å². The number of amides is 9. The van der Waals surface area contributed by atoms with E-state index in [1.807, 2.05) is 41.5 Å². The molecule has 23 heteroatoms. The number of aliphatic hydroxyl groups is 1. The van der Waals surface area contributed by atoms with E-state index in [-0.39, 0.29) is 108 Å². The van der Waals surface area contributed by atoms with Gasteiger partial charge in [0.05, 0.1) is 12.5 Å². The zero-order chi connectivity index (χ0) is 53.6. The fourth-order valence-corrected chi connectivity index (χ4v) is 8.04. The minimum Gasteiger partial charge on any atom is -0.393 e. The van der Waals surface area contributed by atoms with Gasteiger partial charge in [-0.2, -0.15) is 0 Å². The molecule has 0 radical (unpaired) electrons. The van der Waals surface area contributed by atoms with Gasteiger partial charge >= 0.3 is 0 Å². The third-order valence-electron chi connectivity index (χ3n) is 11.8. The van der Waals surface area contributed by atoms with Gasteiger partial charge in [0.2, 0.25) is 53.2 Å². The first-order chi connectivity index (χ1) is 33.6. The molecule has 1 aliphatic heterocycles. The van der Waals surface area contributed by atoms with Crippen LogP contribution in [0.1, 0.15) is 145 Å². The van der Waals surface area contributed by atoms with Crippen LogP contribution in [0.3, 0.4) is 0 Å². The van der Waals surface area contributed by atoms with Crippen LogP contribution < -0.4 is 70.8 Å². The lowest BCUT2D eigenvalue weighted by molar-refractivity contribution is -0.136. The number of rotatable bonds is 25. The molecule has 9 amide bonds. The SMILES string of the molecule is CCCCCCCC(O)CC(=O)NC(CCN)C(=O)NC1CCNC(=O)C(CC(C)C)NC(=O)C(CCN)NC(=O)C(CCN)NC(=O)C(CC(C)C)NC(=O)C(CC(C)C)NC(=O)C(CCN)NC1=O. The van der Waals surface area contributed by atoms with Crippen molar-refractivity contribution in [3.8, 4) is 0 Å². The summed E-state index contributed by atoms with van der Waals surface area (Å²) in [6.45, 7) is 12.6. The van der Waals surface area contributed by atoms with Crippen molar-refractivity contribution in [3.63, 3.8) is 0 Å². The van der Waals surface area contributed by atoms with Crippen LogP contribution in [0.15, 0.2) is 0 Å². The van der Waals surface area contributed by atoms with Gasteiger partial charge in [0.15, 0.2) is 0 Å². The summed E-state index contributed by atoms with van der Waals surface area (Å²) in [5.41, 5.74) is 23.5. The number of unbranched alkanes of at least 4 members (excludes halogenated alkanes) is 4. The Hall–Kier alpha value is -4.97. The quantitative estimate of drug-likeness (QED) is 0.0442. The van der Waals surface area contributed by atoms with Crippen molar-refractivity contribution in [3.05, 3.63) is 0 Å². The maximum absolute atomic E-state index is 14.3. The van der Waals surface area contributed by atoms with Crippen LogP contribution in [0.5, 0.6) is 0 Å². The molecule has 0 aromatic heterocycles. The highest BCUT2D eigenvalue weighted by molar-refractivity contribution is 5.98. The van der Waals surface area contributed by atoms with Crippen molar-refractivity contribution >= 4 is 53.2 Å². The second-order valence-corrected chi connectivity index (χ2v) is 19.9. The molecule has 408 valence electrons. The standard InChI is InChI=1S/C48H91N13O10/c1-8-9-10-11-12-13-31(62)27-40(63)54-32(14-19-49)42(65)58-36-18-23-53-41(64)37(24-28(2)3)59-44(67)34(16-21-51)55-43(66)33(15-20-50)57-47(70)38(25-29(4)5)61-48(71)39(26-30(6)7)60-45(68)35(17-22-52)56-46(36)69/h28-39,62H,8-27,49-52H2,1-7H3,(H,53,64)(H,54,63)(H,55,66)(H,56,69)(H,57,70)(H,58,65)(H,59,67)(H,60,68)(H,61,71). The summed E-state index contributed by atoms with van der Waals surface area (Å²) < 4.78 is 0. The van der Waals surface area contributed by atoms with E-state index in [0.29, 0.717) is 6.42 Å². The van der Waals surface area contributed by atoms with Crippen molar-refractivity contribution in [2.75, 3.05) is 32.7 Å². The van der Waals surface area contributed by atoms with Crippen molar-refractivity contribution in [2.24, 2.45) is 40.7 Å². The van der Waals surface area contributed by atoms with Gasteiger partial charge in [0, 0.05) is 6.54 Å². The van der Waals surface area contributed by atoms with Crippen molar-refractivity contribution in [2.45, 2.75) is 199 Å². The number of carbonyl (C=O) groups excluding carboxylic acids is 9. The molecule has 0 aliphatic carbocycles. The van der Waals surface area contributed by atoms with Crippen molar-refractivity contribution in [1.29, 1.82) is 0 Å². The lowest BCUT2D eigenvalue weighted by atomic mass is 9.99. The molecule has 23 nitrogen and oxygen atoms in total. The van der Waals surface area contributed by atoms with Crippen LogP contribution in [0, 0.1) is 17.8 Å². The highest BCUT2D eigenvalue weighted by atomic mass is 16.3. The van der Waals surface area contributed by atoms with E-state index in [0.717, 1.165) is 32.1 Å². The summed E-state index contributed by atoms with van der Waals surface area (Å²) in [6.07, 6.45) is 3.89.